The topological polar surface area (TPSA) is 71.9 Å². The van der Waals surface area contributed by atoms with Crippen LogP contribution < -0.4 is 5.56 Å². The summed E-state index contributed by atoms with van der Waals surface area (Å²) in [6.45, 7) is 0. The van der Waals surface area contributed by atoms with Crippen molar-refractivity contribution in [3.05, 3.63) is 51.2 Å². The summed E-state index contributed by atoms with van der Waals surface area (Å²) in [7, 11) is -5.70. The van der Waals surface area contributed by atoms with E-state index in [0.717, 1.165) is 12.1 Å². The zero-order chi connectivity index (χ0) is 19.2. The maximum Gasteiger partial charge on any atom is 0.501 e. The van der Waals surface area contributed by atoms with E-state index < -0.39 is 48.1 Å². The molecule has 0 aliphatic rings. The van der Waals surface area contributed by atoms with Crippen molar-refractivity contribution in [3.63, 3.8) is 0 Å². The number of alkyl halides is 6. The number of benzene rings is 1. The summed E-state index contributed by atoms with van der Waals surface area (Å²) >= 11 is 4.62. The Morgan fingerprint density at radius 2 is 1.64 bits per heavy atom. The van der Waals surface area contributed by atoms with Crippen LogP contribution in [0.15, 0.2) is 40.0 Å². The third-order valence-electron chi connectivity index (χ3n) is 2.93. The molecule has 0 fully saturated rings. The van der Waals surface area contributed by atoms with Crippen molar-refractivity contribution in [1.82, 2.24) is 9.55 Å². The largest absolute Gasteiger partial charge is 0.501 e. The first-order valence-electron chi connectivity index (χ1n) is 6.10. The van der Waals surface area contributed by atoms with E-state index in [2.05, 4.69) is 12.2 Å². The molecule has 1 N–H and O–H groups in total. The van der Waals surface area contributed by atoms with Crippen molar-refractivity contribution < 1.29 is 34.8 Å². The number of halogens is 6. The van der Waals surface area contributed by atoms with Crippen LogP contribution in [0, 0.1) is 4.77 Å². The summed E-state index contributed by atoms with van der Waals surface area (Å²) < 4.78 is 98.1. The van der Waals surface area contributed by atoms with Gasteiger partial charge in [0.2, 0.25) is 0 Å². The lowest BCUT2D eigenvalue weighted by Crippen LogP contribution is -2.25. The number of sulfone groups is 1. The minimum absolute atomic E-state index is 0.154. The van der Waals surface area contributed by atoms with Gasteiger partial charge in [-0.1, -0.05) is 6.07 Å². The van der Waals surface area contributed by atoms with Gasteiger partial charge in [0.15, 0.2) is 4.77 Å². The summed E-state index contributed by atoms with van der Waals surface area (Å²) in [6.07, 6.45) is -4.90. The van der Waals surface area contributed by atoms with Crippen molar-refractivity contribution in [1.29, 1.82) is 0 Å². The average molecular weight is 404 g/mol. The van der Waals surface area contributed by atoms with E-state index in [9.17, 15) is 39.6 Å². The molecule has 13 heteroatoms. The van der Waals surface area contributed by atoms with Crippen LogP contribution in [0.5, 0.6) is 0 Å². The van der Waals surface area contributed by atoms with E-state index in [0.29, 0.717) is 16.7 Å². The van der Waals surface area contributed by atoms with Crippen LogP contribution in [0.25, 0.3) is 5.69 Å². The normalized spacial score (nSPS) is 13.0. The number of aromatic nitrogens is 2. The molecule has 0 aliphatic carbocycles. The first kappa shape index (κ1) is 19.2. The molecule has 0 unspecified atom stereocenters. The van der Waals surface area contributed by atoms with Gasteiger partial charge in [0, 0.05) is 6.07 Å². The van der Waals surface area contributed by atoms with E-state index >= 15 is 0 Å². The Bertz CT molecular complexity index is 1000. The van der Waals surface area contributed by atoms with E-state index in [1.807, 2.05) is 0 Å². The number of nitrogens with one attached hydrogen (secondary N) is 1. The first-order valence-corrected chi connectivity index (χ1v) is 7.99. The summed E-state index contributed by atoms with van der Waals surface area (Å²) in [5.74, 6) is 0. The fourth-order valence-corrected chi connectivity index (χ4v) is 2.92. The highest BCUT2D eigenvalue weighted by molar-refractivity contribution is 7.92. The van der Waals surface area contributed by atoms with Gasteiger partial charge in [-0.05, 0) is 30.4 Å². The average Bonchev–Trinajstić information content (AvgIpc) is 2.44. The van der Waals surface area contributed by atoms with Crippen LogP contribution in [-0.4, -0.2) is 23.5 Å². The van der Waals surface area contributed by atoms with Gasteiger partial charge >= 0.3 is 11.7 Å². The van der Waals surface area contributed by atoms with Crippen molar-refractivity contribution in [2.75, 3.05) is 0 Å². The first-order chi connectivity index (χ1) is 11.2. The molecule has 2 rings (SSSR count). The van der Waals surface area contributed by atoms with Crippen LogP contribution in [0.4, 0.5) is 26.3 Å². The molecule has 5 nitrogen and oxygen atoms in total. The molecule has 0 atom stereocenters. The zero-order valence-corrected chi connectivity index (χ0v) is 13.3. The van der Waals surface area contributed by atoms with Gasteiger partial charge in [0.1, 0.15) is 5.69 Å². The lowest BCUT2D eigenvalue weighted by Gasteiger charge is -2.12. The van der Waals surface area contributed by atoms with E-state index in [-0.39, 0.29) is 6.07 Å². The molecule has 0 amide bonds. The fourth-order valence-electron chi connectivity index (χ4n) is 1.82. The highest BCUT2D eigenvalue weighted by atomic mass is 32.2. The number of H-pyrrole nitrogens is 1. The molecule has 0 aliphatic heterocycles. The predicted octanol–water partition coefficient (Wildman–Crippen LogP) is 3.21. The van der Waals surface area contributed by atoms with Gasteiger partial charge in [0.05, 0.1) is 10.6 Å². The SMILES string of the molecule is O=c1cc(C(F)(F)F)[nH]c(=S)n1-c1cccc(S(=O)(=O)C(F)(F)F)c1. The zero-order valence-electron chi connectivity index (χ0n) is 11.6. The number of hydrogen-bond donors (Lipinski definition) is 1. The van der Waals surface area contributed by atoms with E-state index in [4.69, 9.17) is 0 Å². The van der Waals surface area contributed by atoms with E-state index in [1.165, 1.54) is 0 Å². The van der Waals surface area contributed by atoms with Gasteiger partial charge in [-0.2, -0.15) is 26.3 Å². The molecule has 1 heterocycles. The summed E-state index contributed by atoms with van der Waals surface area (Å²) in [4.78, 5) is 12.4. The monoisotopic (exact) mass is 404 g/mol. The second-order valence-electron chi connectivity index (χ2n) is 4.61. The summed E-state index contributed by atoms with van der Waals surface area (Å²) in [6, 6.07) is 3.19. The third kappa shape index (κ3) is 3.61. The molecule has 0 spiro atoms. The number of hydrogen-bond acceptors (Lipinski definition) is 4. The molecule has 1 aromatic carbocycles. The number of nitrogens with zero attached hydrogens (tertiary/aromatic N) is 1. The Balaban J connectivity index is 2.69. The number of aromatic amines is 1. The van der Waals surface area contributed by atoms with Gasteiger partial charge in [0.25, 0.3) is 15.4 Å². The van der Waals surface area contributed by atoms with Gasteiger partial charge < -0.3 is 4.98 Å². The quantitative estimate of drug-likeness (QED) is 0.617. The molecular weight excluding hydrogens is 398 g/mol. The molecular formula is C12H6F6N2O3S2. The van der Waals surface area contributed by atoms with Crippen LogP contribution in [0.2, 0.25) is 0 Å². The Morgan fingerprint density at radius 1 is 1.04 bits per heavy atom. The van der Waals surface area contributed by atoms with Crippen molar-refractivity contribution in [2.24, 2.45) is 0 Å². The lowest BCUT2D eigenvalue weighted by atomic mass is 10.3. The highest BCUT2D eigenvalue weighted by Gasteiger charge is 2.47. The maximum absolute atomic E-state index is 12.6. The molecule has 0 saturated heterocycles. The Hall–Kier alpha value is -2.15. The van der Waals surface area contributed by atoms with Gasteiger partial charge in [-0.25, -0.2) is 8.42 Å². The molecule has 1 aromatic heterocycles. The van der Waals surface area contributed by atoms with Gasteiger partial charge in [-0.15, -0.1) is 0 Å². The standard InChI is InChI=1S/C12H6F6N2O3S2/c13-11(14,15)8-5-9(21)20(10(24)19-8)6-2-1-3-7(4-6)25(22,23)12(16,17)18/h1-5H,(H,19,24). The Labute approximate surface area is 140 Å². The molecule has 25 heavy (non-hydrogen) atoms. The van der Waals surface area contributed by atoms with Crippen LogP contribution in [0.3, 0.4) is 0 Å². The fraction of sp³-hybridized carbons (Fsp3) is 0.167. The number of rotatable bonds is 2. The van der Waals surface area contributed by atoms with Crippen LogP contribution in [0.1, 0.15) is 5.69 Å². The second kappa shape index (κ2) is 5.98. The molecule has 0 bridgehead atoms. The van der Waals surface area contributed by atoms with Crippen molar-refractivity contribution in [2.45, 2.75) is 16.6 Å². The molecule has 2 aromatic rings. The second-order valence-corrected chi connectivity index (χ2v) is 6.93. The van der Waals surface area contributed by atoms with Gasteiger partial charge in [-0.3, -0.25) is 9.36 Å². The minimum Gasteiger partial charge on any atom is -0.328 e. The molecule has 0 radical (unpaired) electrons. The Morgan fingerprint density at radius 3 is 2.12 bits per heavy atom. The molecule has 136 valence electrons. The Kier molecular flexibility index (Phi) is 4.59. The van der Waals surface area contributed by atoms with Crippen molar-refractivity contribution in [3.8, 4) is 5.69 Å². The smallest absolute Gasteiger partial charge is 0.328 e. The van der Waals surface area contributed by atoms with E-state index in [1.54, 1.807) is 4.98 Å². The predicted molar refractivity (Wildman–Crippen MR) is 75.5 cm³/mol. The third-order valence-corrected chi connectivity index (χ3v) is 4.70. The van der Waals surface area contributed by atoms with Crippen LogP contribution in [-0.2, 0) is 16.0 Å². The highest BCUT2D eigenvalue weighted by Crippen LogP contribution is 2.31. The molecule has 0 saturated carbocycles. The maximum atomic E-state index is 12.6. The summed E-state index contributed by atoms with van der Waals surface area (Å²) in [5.41, 5.74) is -8.76. The lowest BCUT2D eigenvalue weighted by molar-refractivity contribution is -0.141. The summed E-state index contributed by atoms with van der Waals surface area (Å²) in [5, 5.41) is 0. The van der Waals surface area contributed by atoms with Crippen molar-refractivity contribution >= 4 is 22.1 Å². The minimum atomic E-state index is -5.70. The van der Waals surface area contributed by atoms with Crippen LogP contribution >= 0.6 is 12.2 Å².